The van der Waals surface area contributed by atoms with E-state index in [0.29, 0.717) is 19.6 Å². The van der Waals surface area contributed by atoms with Gasteiger partial charge >= 0.3 is 0 Å². The summed E-state index contributed by atoms with van der Waals surface area (Å²) in [5.41, 5.74) is 5.62. The van der Waals surface area contributed by atoms with E-state index in [1.807, 2.05) is 13.8 Å². The van der Waals surface area contributed by atoms with Crippen molar-refractivity contribution in [2.24, 2.45) is 4.99 Å². The Morgan fingerprint density at radius 1 is 1.12 bits per heavy atom. The van der Waals surface area contributed by atoms with Crippen LogP contribution in [-0.2, 0) is 22.5 Å². The molecule has 5 heteroatoms. The Labute approximate surface area is 157 Å². The summed E-state index contributed by atoms with van der Waals surface area (Å²) < 4.78 is 8.44. The van der Waals surface area contributed by atoms with E-state index in [1.165, 1.54) is 5.56 Å². The fraction of sp³-hybridized carbons (Fsp3) is 0.333. The summed E-state index contributed by atoms with van der Waals surface area (Å²) in [5, 5.41) is 0. The van der Waals surface area contributed by atoms with Gasteiger partial charge in [-0.3, -0.25) is 4.79 Å². The van der Waals surface area contributed by atoms with Crippen molar-refractivity contribution in [2.75, 3.05) is 13.7 Å². The maximum absolute atomic E-state index is 12.6. The van der Waals surface area contributed by atoms with Gasteiger partial charge < -0.3 is 9.30 Å². The quantitative estimate of drug-likeness (QED) is 0.684. The molecule has 0 radical (unpaired) electrons. The molecule has 2 aromatic carbocycles. The number of carbonyl (C=O) groups excluding carboxylic acids is 1. The summed E-state index contributed by atoms with van der Waals surface area (Å²) in [6.45, 7) is 7.40. The van der Waals surface area contributed by atoms with E-state index in [0.717, 1.165) is 31.7 Å². The zero-order chi connectivity index (χ0) is 18.7. The van der Waals surface area contributed by atoms with Crippen LogP contribution in [0, 0.1) is 20.8 Å². The van der Waals surface area contributed by atoms with Crippen molar-refractivity contribution in [3.8, 4) is 0 Å². The summed E-state index contributed by atoms with van der Waals surface area (Å²) in [5.74, 6) is -0.117. The molecule has 1 amide bonds. The fourth-order valence-electron chi connectivity index (χ4n) is 2.96. The second kappa shape index (κ2) is 7.98. The van der Waals surface area contributed by atoms with Crippen molar-refractivity contribution >= 4 is 27.5 Å². The van der Waals surface area contributed by atoms with E-state index in [1.54, 1.807) is 18.4 Å². The third-order valence-electron chi connectivity index (χ3n) is 4.42. The first-order valence-corrected chi connectivity index (χ1v) is 9.52. The summed E-state index contributed by atoms with van der Waals surface area (Å²) in [4.78, 5) is 17.8. The van der Waals surface area contributed by atoms with Crippen LogP contribution in [0.2, 0.25) is 0 Å². The van der Waals surface area contributed by atoms with E-state index >= 15 is 0 Å². The monoisotopic (exact) mass is 368 g/mol. The molecule has 3 rings (SSSR count). The number of hydrogen-bond acceptors (Lipinski definition) is 3. The van der Waals surface area contributed by atoms with Gasteiger partial charge in [0.05, 0.1) is 23.2 Å². The number of rotatable bonds is 5. The first-order valence-electron chi connectivity index (χ1n) is 8.70. The number of amides is 1. The van der Waals surface area contributed by atoms with E-state index in [2.05, 4.69) is 52.9 Å². The number of aromatic nitrogens is 1. The van der Waals surface area contributed by atoms with Crippen molar-refractivity contribution in [3.05, 3.63) is 63.5 Å². The second-order valence-corrected chi connectivity index (χ2v) is 7.62. The van der Waals surface area contributed by atoms with Crippen LogP contribution in [0.1, 0.15) is 22.3 Å². The van der Waals surface area contributed by atoms with Gasteiger partial charge in [0.15, 0.2) is 4.80 Å². The maximum Gasteiger partial charge on any atom is 0.252 e. The number of carbonyl (C=O) groups is 1. The first kappa shape index (κ1) is 18.5. The predicted octanol–water partition coefficient (Wildman–Crippen LogP) is 3.94. The molecule has 0 saturated carbocycles. The number of nitrogens with zero attached hydrogens (tertiary/aromatic N) is 2. The molecule has 0 atom stereocenters. The molecule has 0 spiro atoms. The van der Waals surface area contributed by atoms with Crippen molar-refractivity contribution in [1.82, 2.24) is 4.57 Å². The van der Waals surface area contributed by atoms with E-state index in [9.17, 15) is 4.79 Å². The number of methoxy groups -OCH3 is 1. The highest BCUT2D eigenvalue weighted by atomic mass is 32.1. The number of hydrogen-bond donors (Lipinski definition) is 0. The summed E-state index contributed by atoms with van der Waals surface area (Å²) in [7, 11) is 1.68. The highest BCUT2D eigenvalue weighted by Crippen LogP contribution is 2.19. The summed E-state index contributed by atoms with van der Waals surface area (Å²) in [6.07, 6.45) is 0.324. The van der Waals surface area contributed by atoms with E-state index in [-0.39, 0.29) is 5.91 Å². The van der Waals surface area contributed by atoms with Gasteiger partial charge in [-0.25, -0.2) is 0 Å². The molecule has 0 aliphatic carbocycles. The van der Waals surface area contributed by atoms with Gasteiger partial charge in [-0.2, -0.15) is 4.99 Å². The lowest BCUT2D eigenvalue weighted by Gasteiger charge is -2.05. The molecule has 0 fully saturated rings. The second-order valence-electron chi connectivity index (χ2n) is 6.61. The van der Waals surface area contributed by atoms with Gasteiger partial charge in [0.1, 0.15) is 0 Å². The van der Waals surface area contributed by atoms with Gasteiger partial charge in [0, 0.05) is 13.7 Å². The molecule has 0 aliphatic rings. The number of aryl methyl sites for hydroxylation is 3. The normalized spacial score (nSPS) is 12.1. The number of thiazole rings is 1. The van der Waals surface area contributed by atoms with Crippen LogP contribution in [0.15, 0.2) is 41.4 Å². The molecular weight excluding hydrogens is 344 g/mol. The van der Waals surface area contributed by atoms with E-state index < -0.39 is 0 Å². The SMILES string of the molecule is COCCn1c(=NC(=O)Cc2cc(C)ccc2C)sc2cc(C)ccc21. The van der Waals surface area contributed by atoms with Crippen molar-refractivity contribution in [2.45, 2.75) is 33.7 Å². The minimum atomic E-state index is -0.117. The Balaban J connectivity index is 1.99. The minimum Gasteiger partial charge on any atom is -0.383 e. The average molecular weight is 369 g/mol. The third-order valence-corrected chi connectivity index (χ3v) is 5.47. The standard InChI is InChI=1S/C21H24N2O2S/c1-14-5-7-16(3)17(11-14)13-20(24)22-21-23(9-10-25-4)18-8-6-15(2)12-19(18)26-21/h5-8,11-12H,9-10,13H2,1-4H3. The molecule has 0 aliphatic heterocycles. The summed E-state index contributed by atoms with van der Waals surface area (Å²) in [6, 6.07) is 12.5. The highest BCUT2D eigenvalue weighted by molar-refractivity contribution is 7.16. The van der Waals surface area contributed by atoms with Gasteiger partial charge in [-0.05, 0) is 49.6 Å². The highest BCUT2D eigenvalue weighted by Gasteiger charge is 2.10. The molecule has 0 unspecified atom stereocenters. The van der Waals surface area contributed by atoms with Crippen molar-refractivity contribution in [1.29, 1.82) is 0 Å². The van der Waals surface area contributed by atoms with Crippen LogP contribution in [0.3, 0.4) is 0 Å². The Morgan fingerprint density at radius 3 is 2.62 bits per heavy atom. The molecule has 0 saturated heterocycles. The Morgan fingerprint density at radius 2 is 1.85 bits per heavy atom. The molecule has 1 aromatic heterocycles. The van der Waals surface area contributed by atoms with Crippen LogP contribution < -0.4 is 4.80 Å². The fourth-order valence-corrected chi connectivity index (χ4v) is 4.14. The molecule has 3 aromatic rings. The summed E-state index contributed by atoms with van der Waals surface area (Å²) >= 11 is 1.55. The number of fused-ring (bicyclic) bond motifs is 1. The molecule has 0 bridgehead atoms. The smallest absolute Gasteiger partial charge is 0.252 e. The van der Waals surface area contributed by atoms with Crippen LogP contribution in [0.25, 0.3) is 10.2 Å². The largest absolute Gasteiger partial charge is 0.383 e. The van der Waals surface area contributed by atoms with Gasteiger partial charge in [0.2, 0.25) is 0 Å². The lowest BCUT2D eigenvalue weighted by atomic mass is 10.0. The Hall–Kier alpha value is -2.24. The zero-order valence-electron chi connectivity index (χ0n) is 15.7. The van der Waals surface area contributed by atoms with Crippen LogP contribution >= 0.6 is 11.3 Å². The van der Waals surface area contributed by atoms with Gasteiger partial charge in [-0.15, -0.1) is 0 Å². The number of benzene rings is 2. The zero-order valence-corrected chi connectivity index (χ0v) is 16.5. The molecular formula is C21H24N2O2S. The van der Waals surface area contributed by atoms with E-state index in [4.69, 9.17) is 4.74 Å². The topological polar surface area (TPSA) is 43.6 Å². The van der Waals surface area contributed by atoms with Crippen LogP contribution in [0.4, 0.5) is 0 Å². The Bertz CT molecular complexity index is 1010. The maximum atomic E-state index is 12.6. The molecule has 26 heavy (non-hydrogen) atoms. The minimum absolute atomic E-state index is 0.117. The molecule has 1 heterocycles. The lowest BCUT2D eigenvalue weighted by Crippen LogP contribution is -2.19. The van der Waals surface area contributed by atoms with Crippen molar-refractivity contribution < 1.29 is 9.53 Å². The van der Waals surface area contributed by atoms with Gasteiger partial charge in [0.25, 0.3) is 5.91 Å². The van der Waals surface area contributed by atoms with Crippen molar-refractivity contribution in [3.63, 3.8) is 0 Å². The van der Waals surface area contributed by atoms with Gasteiger partial charge in [-0.1, -0.05) is 41.2 Å². The van der Waals surface area contributed by atoms with Crippen LogP contribution in [0.5, 0.6) is 0 Å². The lowest BCUT2D eigenvalue weighted by molar-refractivity contribution is -0.117. The van der Waals surface area contributed by atoms with Crippen LogP contribution in [-0.4, -0.2) is 24.2 Å². The predicted molar refractivity (Wildman–Crippen MR) is 107 cm³/mol. The average Bonchev–Trinajstić information content (AvgIpc) is 2.92. The molecule has 4 nitrogen and oxygen atoms in total. The first-order chi connectivity index (χ1) is 12.5. The number of ether oxygens (including phenoxy) is 1. The Kier molecular flexibility index (Phi) is 5.69. The third kappa shape index (κ3) is 4.11. The molecule has 0 N–H and O–H groups in total. The molecule has 136 valence electrons.